The summed E-state index contributed by atoms with van der Waals surface area (Å²) in [4.78, 5) is 14.0. The molecule has 1 unspecified atom stereocenters. The number of hydrogen-bond donors (Lipinski definition) is 3. The SMILES string of the molecule is CC(O)C1CCN(C(=O)c2ccc(N)c(O)c2)CC1. The molecule has 1 aliphatic rings. The fraction of sp³-hybridized carbons (Fsp3) is 0.500. The van der Waals surface area contributed by atoms with Gasteiger partial charge in [-0.05, 0) is 43.9 Å². The van der Waals surface area contributed by atoms with Crippen LogP contribution in [0.4, 0.5) is 5.69 Å². The highest BCUT2D eigenvalue weighted by molar-refractivity contribution is 5.95. The molecule has 4 N–H and O–H groups in total. The van der Waals surface area contributed by atoms with E-state index >= 15 is 0 Å². The lowest BCUT2D eigenvalue weighted by Gasteiger charge is -2.33. The van der Waals surface area contributed by atoms with Crippen LogP contribution in [0.15, 0.2) is 18.2 Å². The highest BCUT2D eigenvalue weighted by atomic mass is 16.3. The van der Waals surface area contributed by atoms with Gasteiger partial charge in [0, 0.05) is 18.7 Å². The highest BCUT2D eigenvalue weighted by Crippen LogP contribution is 2.24. The number of nitrogen functional groups attached to an aromatic ring is 1. The number of aromatic hydroxyl groups is 1. The van der Waals surface area contributed by atoms with E-state index < -0.39 is 0 Å². The maximum atomic E-state index is 12.3. The summed E-state index contributed by atoms with van der Waals surface area (Å²) in [5.74, 6) is 0.105. The third-order valence-corrected chi connectivity index (χ3v) is 3.79. The smallest absolute Gasteiger partial charge is 0.253 e. The van der Waals surface area contributed by atoms with Gasteiger partial charge in [0.2, 0.25) is 0 Å². The van der Waals surface area contributed by atoms with E-state index in [0.717, 1.165) is 12.8 Å². The van der Waals surface area contributed by atoms with E-state index in [1.165, 1.54) is 12.1 Å². The Labute approximate surface area is 112 Å². The number of benzene rings is 1. The minimum atomic E-state index is -0.321. The summed E-state index contributed by atoms with van der Waals surface area (Å²) in [6, 6.07) is 4.56. The van der Waals surface area contributed by atoms with Crippen molar-refractivity contribution in [3.8, 4) is 5.75 Å². The Bertz CT molecular complexity index is 466. The van der Waals surface area contributed by atoms with Gasteiger partial charge < -0.3 is 20.8 Å². The predicted molar refractivity (Wildman–Crippen MR) is 72.8 cm³/mol. The van der Waals surface area contributed by atoms with Gasteiger partial charge in [-0.2, -0.15) is 0 Å². The van der Waals surface area contributed by atoms with Crippen molar-refractivity contribution in [2.24, 2.45) is 5.92 Å². The Morgan fingerprint density at radius 3 is 2.58 bits per heavy atom. The van der Waals surface area contributed by atoms with Crippen molar-refractivity contribution in [2.75, 3.05) is 18.8 Å². The Kier molecular flexibility index (Phi) is 3.95. The molecule has 2 rings (SSSR count). The average molecular weight is 264 g/mol. The minimum absolute atomic E-state index is 0.0651. The van der Waals surface area contributed by atoms with Crippen molar-refractivity contribution in [3.05, 3.63) is 23.8 Å². The zero-order valence-corrected chi connectivity index (χ0v) is 11.0. The fourth-order valence-corrected chi connectivity index (χ4v) is 2.44. The number of aliphatic hydroxyl groups is 1. The number of phenols is 1. The molecule has 1 fully saturated rings. The van der Waals surface area contributed by atoms with Crippen molar-refractivity contribution in [1.29, 1.82) is 0 Å². The van der Waals surface area contributed by atoms with E-state index in [4.69, 9.17) is 5.73 Å². The van der Waals surface area contributed by atoms with Gasteiger partial charge in [0.25, 0.3) is 5.91 Å². The van der Waals surface area contributed by atoms with Crippen LogP contribution in [0.5, 0.6) is 5.75 Å². The van der Waals surface area contributed by atoms with Crippen molar-refractivity contribution in [2.45, 2.75) is 25.9 Å². The van der Waals surface area contributed by atoms with Crippen LogP contribution in [0.3, 0.4) is 0 Å². The number of hydrogen-bond acceptors (Lipinski definition) is 4. The fourth-order valence-electron chi connectivity index (χ4n) is 2.44. The number of rotatable bonds is 2. The van der Waals surface area contributed by atoms with E-state index in [1.807, 2.05) is 0 Å². The molecule has 5 nitrogen and oxygen atoms in total. The number of nitrogens with two attached hydrogens (primary N) is 1. The third kappa shape index (κ3) is 2.98. The maximum Gasteiger partial charge on any atom is 0.253 e. The lowest BCUT2D eigenvalue weighted by atomic mass is 9.92. The summed E-state index contributed by atoms with van der Waals surface area (Å²) in [6.45, 7) is 3.07. The highest BCUT2D eigenvalue weighted by Gasteiger charge is 2.26. The monoisotopic (exact) mass is 264 g/mol. The first kappa shape index (κ1) is 13.7. The van der Waals surface area contributed by atoms with Gasteiger partial charge in [-0.15, -0.1) is 0 Å². The van der Waals surface area contributed by atoms with Gasteiger partial charge >= 0.3 is 0 Å². The lowest BCUT2D eigenvalue weighted by molar-refractivity contribution is 0.0521. The topological polar surface area (TPSA) is 86.8 Å². The second kappa shape index (κ2) is 5.48. The molecule has 1 amide bonds. The van der Waals surface area contributed by atoms with Crippen molar-refractivity contribution in [1.82, 2.24) is 4.90 Å². The standard InChI is InChI=1S/C14H20N2O3/c1-9(17)10-4-6-16(7-5-10)14(19)11-2-3-12(15)13(18)8-11/h2-3,8-10,17-18H,4-7,15H2,1H3. The van der Waals surface area contributed by atoms with E-state index in [1.54, 1.807) is 17.9 Å². The van der Waals surface area contributed by atoms with Gasteiger partial charge in [0.1, 0.15) is 5.75 Å². The number of anilines is 1. The number of amides is 1. The molecule has 0 radical (unpaired) electrons. The number of nitrogens with zero attached hydrogens (tertiary/aromatic N) is 1. The van der Waals surface area contributed by atoms with E-state index in [2.05, 4.69) is 0 Å². The predicted octanol–water partition coefficient (Wildman–Crippen LogP) is 1.21. The summed E-state index contributed by atoms with van der Waals surface area (Å²) < 4.78 is 0. The van der Waals surface area contributed by atoms with Crippen LogP contribution < -0.4 is 5.73 Å². The number of carbonyl (C=O) groups excluding carboxylic acids is 1. The molecule has 5 heteroatoms. The van der Waals surface area contributed by atoms with Crippen molar-refractivity contribution >= 4 is 11.6 Å². The molecule has 0 bridgehead atoms. The third-order valence-electron chi connectivity index (χ3n) is 3.79. The summed E-state index contributed by atoms with van der Waals surface area (Å²) >= 11 is 0. The summed E-state index contributed by atoms with van der Waals surface area (Å²) in [7, 11) is 0. The van der Waals surface area contributed by atoms with Gasteiger partial charge in [0.15, 0.2) is 0 Å². The Balaban J connectivity index is 2.03. The first-order valence-corrected chi connectivity index (χ1v) is 6.55. The molecular weight excluding hydrogens is 244 g/mol. The molecule has 1 heterocycles. The molecule has 104 valence electrons. The summed E-state index contributed by atoms with van der Waals surface area (Å²) in [6.07, 6.45) is 1.30. The van der Waals surface area contributed by atoms with Crippen LogP contribution in [-0.4, -0.2) is 40.2 Å². The van der Waals surface area contributed by atoms with E-state index in [-0.39, 0.29) is 29.4 Å². The molecule has 0 saturated carbocycles. The van der Waals surface area contributed by atoms with Gasteiger partial charge in [0.05, 0.1) is 11.8 Å². The zero-order chi connectivity index (χ0) is 14.0. The Morgan fingerprint density at radius 2 is 2.05 bits per heavy atom. The molecule has 1 atom stereocenters. The van der Waals surface area contributed by atoms with Crippen LogP contribution >= 0.6 is 0 Å². The molecular formula is C14H20N2O3. The first-order chi connectivity index (χ1) is 8.99. The lowest BCUT2D eigenvalue weighted by Crippen LogP contribution is -2.40. The zero-order valence-electron chi connectivity index (χ0n) is 11.0. The van der Waals surface area contributed by atoms with Crippen molar-refractivity contribution < 1.29 is 15.0 Å². The molecule has 0 aliphatic carbocycles. The number of likely N-dealkylation sites (tertiary alicyclic amines) is 1. The largest absolute Gasteiger partial charge is 0.506 e. The second-order valence-electron chi connectivity index (χ2n) is 5.14. The molecule has 19 heavy (non-hydrogen) atoms. The number of piperidine rings is 1. The number of phenolic OH excluding ortho intramolecular Hbond substituents is 1. The molecule has 1 aromatic rings. The number of carbonyl (C=O) groups is 1. The molecule has 0 spiro atoms. The van der Waals surface area contributed by atoms with Crippen LogP contribution in [-0.2, 0) is 0 Å². The molecule has 1 aliphatic heterocycles. The van der Waals surface area contributed by atoms with Crippen LogP contribution in [0, 0.1) is 5.92 Å². The van der Waals surface area contributed by atoms with Gasteiger partial charge in [-0.25, -0.2) is 0 Å². The Morgan fingerprint density at radius 1 is 1.42 bits per heavy atom. The van der Waals surface area contributed by atoms with E-state index in [9.17, 15) is 15.0 Å². The van der Waals surface area contributed by atoms with Crippen LogP contribution in [0.25, 0.3) is 0 Å². The molecule has 0 aromatic heterocycles. The first-order valence-electron chi connectivity index (χ1n) is 6.55. The van der Waals surface area contributed by atoms with Gasteiger partial charge in [-0.3, -0.25) is 4.79 Å². The minimum Gasteiger partial charge on any atom is -0.506 e. The van der Waals surface area contributed by atoms with Gasteiger partial charge in [-0.1, -0.05) is 0 Å². The van der Waals surface area contributed by atoms with E-state index in [0.29, 0.717) is 18.7 Å². The average Bonchev–Trinajstić information content (AvgIpc) is 2.41. The second-order valence-corrected chi connectivity index (χ2v) is 5.14. The number of aliphatic hydroxyl groups excluding tert-OH is 1. The summed E-state index contributed by atoms with van der Waals surface area (Å²) in [5.41, 5.74) is 6.23. The van der Waals surface area contributed by atoms with Crippen molar-refractivity contribution in [3.63, 3.8) is 0 Å². The quantitative estimate of drug-likeness (QED) is 0.553. The Hall–Kier alpha value is -1.75. The normalized spacial score (nSPS) is 18.3. The maximum absolute atomic E-state index is 12.3. The van der Waals surface area contributed by atoms with Crippen LogP contribution in [0.2, 0.25) is 0 Å². The molecule has 1 aromatic carbocycles. The molecule has 1 saturated heterocycles. The summed E-state index contributed by atoms with van der Waals surface area (Å²) in [5, 5.41) is 19.1. The van der Waals surface area contributed by atoms with Crippen LogP contribution in [0.1, 0.15) is 30.1 Å².